The maximum Gasteiger partial charge on any atom is 0.153 e. The molecule has 0 aliphatic carbocycles. The number of carbonyl (C=O) groups excluding carboxylic acids is 1. The number of carbonyl (C=O) groups is 1. The molecule has 1 aromatic carbocycles. The zero-order valence-corrected chi connectivity index (χ0v) is 8.94. The van der Waals surface area contributed by atoms with Gasteiger partial charge in [-0.05, 0) is 26.0 Å². The van der Waals surface area contributed by atoms with E-state index < -0.39 is 5.66 Å². The lowest BCUT2D eigenvalue weighted by atomic mass is 10.1. The molecule has 15 heavy (non-hydrogen) atoms. The lowest BCUT2D eigenvalue weighted by molar-refractivity contribution is 0.110. The summed E-state index contributed by atoms with van der Waals surface area (Å²) in [6.07, 6.45) is 0.366. The number of benzene rings is 1. The van der Waals surface area contributed by atoms with E-state index in [0.717, 1.165) is 6.29 Å². The van der Waals surface area contributed by atoms with E-state index in [0.29, 0.717) is 11.3 Å². The average molecular weight is 208 g/mol. The Morgan fingerprint density at radius 2 is 2.00 bits per heavy atom. The Morgan fingerprint density at radius 1 is 1.40 bits per heavy atom. The van der Waals surface area contributed by atoms with E-state index >= 15 is 0 Å². The van der Waals surface area contributed by atoms with Crippen LogP contribution < -0.4 is 16.2 Å². The van der Waals surface area contributed by atoms with Crippen LogP contribution in [0.25, 0.3) is 0 Å². The molecule has 4 nitrogen and oxygen atoms in total. The average Bonchev–Trinajstić information content (AvgIpc) is 2.17. The predicted octanol–water partition coefficient (Wildman–Crippen LogP) is 0.900. The van der Waals surface area contributed by atoms with Gasteiger partial charge >= 0.3 is 0 Å². The van der Waals surface area contributed by atoms with E-state index in [1.165, 1.54) is 0 Å². The maximum absolute atomic E-state index is 10.7. The molecule has 0 saturated heterocycles. The SMILES string of the molecule is CC(Oc1ccccc1C=O)C(C)(N)N. The number of hydrogen-bond donors (Lipinski definition) is 2. The maximum atomic E-state index is 10.7. The molecule has 1 aromatic rings. The van der Waals surface area contributed by atoms with Gasteiger partial charge in [0, 0.05) is 0 Å². The monoisotopic (exact) mass is 208 g/mol. The number of hydrogen-bond acceptors (Lipinski definition) is 4. The van der Waals surface area contributed by atoms with Gasteiger partial charge in [0.15, 0.2) is 6.29 Å². The van der Waals surface area contributed by atoms with E-state index in [4.69, 9.17) is 16.2 Å². The van der Waals surface area contributed by atoms with E-state index in [2.05, 4.69) is 0 Å². The third-order valence-corrected chi connectivity index (χ3v) is 2.23. The van der Waals surface area contributed by atoms with Gasteiger partial charge < -0.3 is 16.2 Å². The molecule has 4 N–H and O–H groups in total. The number of nitrogens with two attached hydrogens (primary N) is 2. The van der Waals surface area contributed by atoms with Crippen LogP contribution in [-0.2, 0) is 0 Å². The highest BCUT2D eigenvalue weighted by molar-refractivity contribution is 5.79. The molecule has 0 heterocycles. The molecule has 1 atom stereocenters. The highest BCUT2D eigenvalue weighted by atomic mass is 16.5. The Morgan fingerprint density at radius 3 is 2.53 bits per heavy atom. The zero-order chi connectivity index (χ0) is 11.5. The van der Waals surface area contributed by atoms with Gasteiger partial charge in [-0.25, -0.2) is 0 Å². The van der Waals surface area contributed by atoms with Crippen LogP contribution in [-0.4, -0.2) is 18.1 Å². The molecule has 0 aliphatic rings. The van der Waals surface area contributed by atoms with Crippen molar-refractivity contribution in [1.29, 1.82) is 0 Å². The van der Waals surface area contributed by atoms with Gasteiger partial charge in [-0.2, -0.15) is 0 Å². The van der Waals surface area contributed by atoms with Crippen molar-refractivity contribution in [3.63, 3.8) is 0 Å². The van der Waals surface area contributed by atoms with E-state index in [9.17, 15) is 4.79 Å². The number of rotatable bonds is 4. The van der Waals surface area contributed by atoms with Crippen LogP contribution in [0.5, 0.6) is 5.75 Å². The minimum Gasteiger partial charge on any atom is -0.487 e. The lowest BCUT2D eigenvalue weighted by Gasteiger charge is -2.27. The summed E-state index contributed by atoms with van der Waals surface area (Å²) in [6.45, 7) is 3.43. The second-order valence-electron chi connectivity index (χ2n) is 3.78. The quantitative estimate of drug-likeness (QED) is 0.569. The first-order valence-electron chi connectivity index (χ1n) is 4.73. The fourth-order valence-electron chi connectivity index (χ4n) is 1.00. The van der Waals surface area contributed by atoms with Gasteiger partial charge in [0.05, 0.1) is 11.2 Å². The highest BCUT2D eigenvalue weighted by Crippen LogP contribution is 2.18. The molecule has 0 saturated carbocycles. The summed E-state index contributed by atoms with van der Waals surface area (Å²) >= 11 is 0. The van der Waals surface area contributed by atoms with Crippen molar-refractivity contribution in [1.82, 2.24) is 0 Å². The summed E-state index contributed by atoms with van der Waals surface area (Å²) in [6, 6.07) is 6.95. The summed E-state index contributed by atoms with van der Waals surface area (Å²) < 4.78 is 5.52. The molecular formula is C11H16N2O2. The van der Waals surface area contributed by atoms with Crippen molar-refractivity contribution in [2.75, 3.05) is 0 Å². The van der Waals surface area contributed by atoms with Gasteiger partial charge in [-0.1, -0.05) is 12.1 Å². The van der Waals surface area contributed by atoms with Crippen LogP contribution in [0.4, 0.5) is 0 Å². The fourth-order valence-corrected chi connectivity index (χ4v) is 1.00. The Kier molecular flexibility index (Phi) is 3.44. The Bertz CT molecular complexity index is 345. The third kappa shape index (κ3) is 3.04. The minimum atomic E-state index is -0.935. The first kappa shape index (κ1) is 11.7. The van der Waals surface area contributed by atoms with Crippen LogP contribution in [0.15, 0.2) is 24.3 Å². The van der Waals surface area contributed by atoms with Gasteiger partial charge in [-0.3, -0.25) is 4.79 Å². The van der Waals surface area contributed by atoms with Crippen molar-refractivity contribution >= 4 is 6.29 Å². The standard InChI is InChI=1S/C11H16N2O2/c1-8(11(2,12)13)15-10-6-4-3-5-9(10)7-14/h3-8H,12-13H2,1-2H3. The van der Waals surface area contributed by atoms with Crippen LogP contribution in [0.2, 0.25) is 0 Å². The summed E-state index contributed by atoms with van der Waals surface area (Å²) in [5.41, 5.74) is 10.9. The Hall–Kier alpha value is -1.39. The molecule has 1 rings (SSSR count). The first-order chi connectivity index (χ1) is 6.95. The molecular weight excluding hydrogens is 192 g/mol. The molecule has 0 bridgehead atoms. The summed E-state index contributed by atoms with van der Waals surface area (Å²) in [7, 11) is 0. The minimum absolute atomic E-state index is 0.376. The zero-order valence-electron chi connectivity index (χ0n) is 8.94. The Labute approximate surface area is 89.2 Å². The van der Waals surface area contributed by atoms with Gasteiger partial charge in [0.2, 0.25) is 0 Å². The predicted molar refractivity (Wildman–Crippen MR) is 58.7 cm³/mol. The molecule has 0 amide bonds. The van der Waals surface area contributed by atoms with Crippen LogP contribution in [0.3, 0.4) is 0 Å². The second-order valence-corrected chi connectivity index (χ2v) is 3.78. The second kappa shape index (κ2) is 4.42. The summed E-state index contributed by atoms with van der Waals surface area (Å²) in [5, 5.41) is 0. The summed E-state index contributed by atoms with van der Waals surface area (Å²) in [4.78, 5) is 10.7. The van der Waals surface area contributed by atoms with Crippen LogP contribution in [0.1, 0.15) is 24.2 Å². The van der Waals surface area contributed by atoms with E-state index in [1.807, 2.05) is 0 Å². The molecule has 0 radical (unpaired) electrons. The first-order valence-corrected chi connectivity index (χ1v) is 4.73. The lowest BCUT2D eigenvalue weighted by Crippen LogP contribution is -2.57. The normalized spacial score (nSPS) is 13.3. The molecule has 0 spiro atoms. The summed E-state index contributed by atoms with van der Waals surface area (Å²) in [5.74, 6) is 0.502. The van der Waals surface area contributed by atoms with Crippen molar-refractivity contribution in [2.24, 2.45) is 11.5 Å². The molecule has 0 aliphatic heterocycles. The number of aldehydes is 1. The largest absolute Gasteiger partial charge is 0.487 e. The smallest absolute Gasteiger partial charge is 0.153 e. The van der Waals surface area contributed by atoms with Gasteiger partial charge in [0.25, 0.3) is 0 Å². The fraction of sp³-hybridized carbons (Fsp3) is 0.364. The molecule has 1 unspecified atom stereocenters. The molecule has 0 fully saturated rings. The topological polar surface area (TPSA) is 78.3 Å². The van der Waals surface area contributed by atoms with Crippen LogP contribution >= 0.6 is 0 Å². The van der Waals surface area contributed by atoms with Crippen molar-refractivity contribution in [3.05, 3.63) is 29.8 Å². The Balaban J connectivity index is 2.85. The molecule has 82 valence electrons. The molecule has 4 heteroatoms. The number of ether oxygens (including phenoxy) is 1. The van der Waals surface area contributed by atoms with Crippen molar-refractivity contribution in [3.8, 4) is 5.75 Å². The van der Waals surface area contributed by atoms with Gasteiger partial charge in [-0.15, -0.1) is 0 Å². The van der Waals surface area contributed by atoms with Crippen LogP contribution in [0, 0.1) is 0 Å². The molecule has 0 aromatic heterocycles. The third-order valence-electron chi connectivity index (χ3n) is 2.23. The van der Waals surface area contributed by atoms with E-state index in [-0.39, 0.29) is 6.10 Å². The van der Waals surface area contributed by atoms with Crippen molar-refractivity contribution in [2.45, 2.75) is 25.6 Å². The van der Waals surface area contributed by atoms with Gasteiger partial charge in [0.1, 0.15) is 11.9 Å². The highest BCUT2D eigenvalue weighted by Gasteiger charge is 2.23. The van der Waals surface area contributed by atoms with E-state index in [1.54, 1.807) is 38.1 Å². The van der Waals surface area contributed by atoms with Crippen molar-refractivity contribution < 1.29 is 9.53 Å². The number of para-hydroxylation sites is 1.